The molecule has 0 aromatic rings. The molecule has 0 amide bonds. The van der Waals surface area contributed by atoms with Gasteiger partial charge in [-0.25, -0.2) is 0 Å². The second-order valence-electron chi connectivity index (χ2n) is 3.01. The van der Waals surface area contributed by atoms with E-state index in [1.54, 1.807) is 6.92 Å². The summed E-state index contributed by atoms with van der Waals surface area (Å²) in [6, 6.07) is 1.95. The van der Waals surface area contributed by atoms with E-state index in [4.69, 9.17) is 10.00 Å². The number of hydrogen-bond donors (Lipinski definition) is 0. The molecule has 0 N–H and O–H groups in total. The van der Waals surface area contributed by atoms with Gasteiger partial charge in [0.25, 0.3) is 0 Å². The predicted molar refractivity (Wildman–Crippen MR) is 62.7 cm³/mol. The predicted octanol–water partition coefficient (Wildman–Crippen LogP) is 2.71. The van der Waals surface area contributed by atoms with Gasteiger partial charge in [-0.05, 0) is 6.92 Å². The Morgan fingerprint density at radius 2 is 1.93 bits per heavy atom. The van der Waals surface area contributed by atoms with Gasteiger partial charge < -0.3 is 4.74 Å². The van der Waals surface area contributed by atoms with E-state index in [1.165, 1.54) is 0 Å². The maximum Gasteiger partial charge on any atom is 0.100 e. The minimum atomic E-state index is 0.321. The maximum absolute atomic E-state index is 8.54. The van der Waals surface area contributed by atoms with Crippen molar-refractivity contribution in [3.8, 4) is 6.07 Å². The lowest BCUT2D eigenvalue weighted by molar-refractivity contribution is -0.0135. The SMILES string of the molecule is C=C(C#N)C(C)=NC(=C)C1COC1.CC. The summed E-state index contributed by atoms with van der Waals surface area (Å²) in [5.74, 6) is 0.321. The summed E-state index contributed by atoms with van der Waals surface area (Å²) in [7, 11) is 0. The van der Waals surface area contributed by atoms with Crippen molar-refractivity contribution in [2.24, 2.45) is 10.9 Å². The summed E-state index contributed by atoms with van der Waals surface area (Å²) in [6.45, 7) is 14.5. The molecule has 1 heterocycles. The minimum absolute atomic E-state index is 0.321. The molecule has 1 rings (SSSR count). The average Bonchev–Trinajstić information content (AvgIpc) is 2.16. The van der Waals surface area contributed by atoms with E-state index in [1.807, 2.05) is 19.9 Å². The van der Waals surface area contributed by atoms with Crippen molar-refractivity contribution in [2.45, 2.75) is 20.8 Å². The van der Waals surface area contributed by atoms with Crippen molar-refractivity contribution < 1.29 is 4.74 Å². The molecular weight excluding hydrogens is 188 g/mol. The zero-order chi connectivity index (χ0) is 11.8. The van der Waals surface area contributed by atoms with Gasteiger partial charge in [0.2, 0.25) is 0 Å². The molecule has 3 heteroatoms. The summed E-state index contributed by atoms with van der Waals surface area (Å²) >= 11 is 0. The lowest BCUT2D eigenvalue weighted by Gasteiger charge is -2.25. The molecule has 1 saturated heterocycles. The Labute approximate surface area is 91.8 Å². The summed E-state index contributed by atoms with van der Waals surface area (Å²) in [5.41, 5.74) is 1.81. The van der Waals surface area contributed by atoms with Crippen LogP contribution in [0.5, 0.6) is 0 Å². The average molecular weight is 206 g/mol. The van der Waals surface area contributed by atoms with E-state index in [2.05, 4.69) is 18.2 Å². The molecule has 1 aliphatic heterocycles. The zero-order valence-electron chi connectivity index (χ0n) is 9.71. The van der Waals surface area contributed by atoms with E-state index in [-0.39, 0.29) is 0 Å². The monoisotopic (exact) mass is 206 g/mol. The molecule has 0 unspecified atom stereocenters. The van der Waals surface area contributed by atoms with Gasteiger partial charge in [0.05, 0.1) is 24.5 Å². The highest BCUT2D eigenvalue weighted by atomic mass is 16.5. The first-order chi connectivity index (χ1) is 7.15. The van der Waals surface area contributed by atoms with Crippen molar-refractivity contribution in [3.63, 3.8) is 0 Å². The number of nitriles is 1. The standard InChI is InChI=1S/C10H12N2O.C2H6/c1-7(4-11)8(2)12-9(3)10-5-13-6-10;1-2/h10H,1,3,5-6H2,2H3;1-2H3. The van der Waals surface area contributed by atoms with Crippen LogP contribution in [0.3, 0.4) is 0 Å². The summed E-state index contributed by atoms with van der Waals surface area (Å²) in [4.78, 5) is 4.19. The normalized spacial score (nSPS) is 15.5. The molecule has 0 aromatic carbocycles. The number of aliphatic imine (C=N–C) groups is 1. The van der Waals surface area contributed by atoms with Gasteiger partial charge in [0.15, 0.2) is 0 Å². The molecule has 0 bridgehead atoms. The van der Waals surface area contributed by atoms with E-state index < -0.39 is 0 Å². The molecular formula is C12H18N2O. The Hall–Kier alpha value is -1.40. The van der Waals surface area contributed by atoms with Crippen LogP contribution >= 0.6 is 0 Å². The molecule has 0 radical (unpaired) electrons. The number of nitrogens with zero attached hydrogens (tertiary/aromatic N) is 2. The van der Waals surface area contributed by atoms with E-state index >= 15 is 0 Å². The quantitative estimate of drug-likeness (QED) is 0.526. The van der Waals surface area contributed by atoms with Crippen LogP contribution in [0.25, 0.3) is 0 Å². The minimum Gasteiger partial charge on any atom is -0.380 e. The fourth-order valence-corrected chi connectivity index (χ4v) is 0.883. The number of ether oxygens (including phenoxy) is 1. The van der Waals surface area contributed by atoms with Crippen molar-refractivity contribution in [2.75, 3.05) is 13.2 Å². The van der Waals surface area contributed by atoms with Gasteiger partial charge in [-0.15, -0.1) is 0 Å². The first kappa shape index (κ1) is 13.6. The third kappa shape index (κ3) is 4.09. The summed E-state index contributed by atoms with van der Waals surface area (Å²) < 4.78 is 5.01. The molecule has 1 aliphatic rings. The lowest BCUT2D eigenvalue weighted by atomic mass is 10.1. The Kier molecular flexibility index (Phi) is 6.32. The molecule has 0 atom stereocenters. The van der Waals surface area contributed by atoms with Crippen LogP contribution in [-0.2, 0) is 4.74 Å². The van der Waals surface area contributed by atoms with Gasteiger partial charge in [0.1, 0.15) is 6.07 Å². The Bertz CT molecular complexity index is 306. The van der Waals surface area contributed by atoms with E-state index in [0.29, 0.717) is 30.4 Å². The number of rotatable bonds is 3. The smallest absolute Gasteiger partial charge is 0.100 e. The first-order valence-electron chi connectivity index (χ1n) is 5.06. The third-order valence-corrected chi connectivity index (χ3v) is 1.99. The molecule has 0 saturated carbocycles. The lowest BCUT2D eigenvalue weighted by Crippen LogP contribution is -2.28. The van der Waals surface area contributed by atoms with Crippen LogP contribution in [0.4, 0.5) is 0 Å². The molecule has 0 aromatic heterocycles. The van der Waals surface area contributed by atoms with Crippen LogP contribution in [-0.4, -0.2) is 18.9 Å². The molecule has 0 aliphatic carbocycles. The van der Waals surface area contributed by atoms with Gasteiger partial charge in [-0.1, -0.05) is 27.0 Å². The second-order valence-corrected chi connectivity index (χ2v) is 3.01. The van der Waals surface area contributed by atoms with Gasteiger partial charge in [0, 0.05) is 11.6 Å². The largest absolute Gasteiger partial charge is 0.380 e. The first-order valence-corrected chi connectivity index (χ1v) is 5.06. The second kappa shape index (κ2) is 6.97. The van der Waals surface area contributed by atoms with Gasteiger partial charge in [-0.2, -0.15) is 5.26 Å². The highest BCUT2D eigenvalue weighted by Crippen LogP contribution is 2.19. The van der Waals surface area contributed by atoms with Crippen molar-refractivity contribution in [3.05, 3.63) is 24.4 Å². The van der Waals surface area contributed by atoms with Crippen LogP contribution in [0.1, 0.15) is 20.8 Å². The highest BCUT2D eigenvalue weighted by molar-refractivity contribution is 6.01. The topological polar surface area (TPSA) is 45.4 Å². The van der Waals surface area contributed by atoms with Crippen molar-refractivity contribution in [1.29, 1.82) is 5.26 Å². The molecule has 1 fully saturated rings. The fourth-order valence-electron chi connectivity index (χ4n) is 0.883. The summed E-state index contributed by atoms with van der Waals surface area (Å²) in [6.07, 6.45) is 0. The van der Waals surface area contributed by atoms with Crippen molar-refractivity contribution in [1.82, 2.24) is 0 Å². The van der Waals surface area contributed by atoms with Crippen LogP contribution in [0.2, 0.25) is 0 Å². The third-order valence-electron chi connectivity index (χ3n) is 1.99. The molecule has 82 valence electrons. The van der Waals surface area contributed by atoms with E-state index in [9.17, 15) is 0 Å². The molecule has 0 spiro atoms. The van der Waals surface area contributed by atoms with Crippen LogP contribution in [0.15, 0.2) is 29.4 Å². The Balaban J connectivity index is 0.000000921. The van der Waals surface area contributed by atoms with Crippen LogP contribution in [0, 0.1) is 17.2 Å². The fraction of sp³-hybridized carbons (Fsp3) is 0.500. The summed E-state index contributed by atoms with van der Waals surface area (Å²) in [5, 5.41) is 8.54. The van der Waals surface area contributed by atoms with E-state index in [0.717, 1.165) is 5.70 Å². The molecule has 3 nitrogen and oxygen atoms in total. The van der Waals surface area contributed by atoms with Crippen molar-refractivity contribution >= 4 is 5.71 Å². The zero-order valence-corrected chi connectivity index (χ0v) is 9.71. The van der Waals surface area contributed by atoms with Gasteiger partial charge >= 0.3 is 0 Å². The Morgan fingerprint density at radius 3 is 2.27 bits per heavy atom. The number of allylic oxidation sites excluding steroid dienone is 1. The van der Waals surface area contributed by atoms with Gasteiger partial charge in [-0.3, -0.25) is 4.99 Å². The number of hydrogen-bond acceptors (Lipinski definition) is 3. The Morgan fingerprint density at radius 1 is 1.40 bits per heavy atom. The molecule has 15 heavy (non-hydrogen) atoms. The maximum atomic E-state index is 8.54. The van der Waals surface area contributed by atoms with Crippen LogP contribution < -0.4 is 0 Å². The highest BCUT2D eigenvalue weighted by Gasteiger charge is 2.21.